The molecule has 3 rings (SSSR count). The molecule has 0 saturated heterocycles. The fourth-order valence-electron chi connectivity index (χ4n) is 2.31. The van der Waals surface area contributed by atoms with Gasteiger partial charge in [0.05, 0.1) is 10.6 Å². The molecular weight excluding hydrogens is 324 g/mol. The van der Waals surface area contributed by atoms with Gasteiger partial charge in [-0.05, 0) is 60.0 Å². The Hall–Kier alpha value is -2.86. The average molecular weight is 340 g/mol. The van der Waals surface area contributed by atoms with Crippen molar-refractivity contribution in [1.82, 2.24) is 4.98 Å². The van der Waals surface area contributed by atoms with E-state index in [1.165, 1.54) is 18.2 Å². The Morgan fingerprint density at radius 3 is 2.21 bits per heavy atom. The second-order valence-electron chi connectivity index (χ2n) is 5.39. The Morgan fingerprint density at radius 1 is 0.917 bits per heavy atom. The molecule has 0 aliphatic heterocycles. The van der Waals surface area contributed by atoms with Crippen molar-refractivity contribution < 1.29 is 13.5 Å². The van der Waals surface area contributed by atoms with Crippen LogP contribution in [0, 0.1) is 6.92 Å². The third-order valence-electron chi connectivity index (χ3n) is 3.57. The molecule has 1 aromatic heterocycles. The molecule has 0 atom stereocenters. The minimum absolute atomic E-state index is 0.113. The van der Waals surface area contributed by atoms with Gasteiger partial charge >= 0.3 is 0 Å². The number of phenolic OH excluding ortho intramolecular Hbond substituents is 1. The summed E-state index contributed by atoms with van der Waals surface area (Å²) in [5.74, 6) is -0.113. The van der Waals surface area contributed by atoms with Crippen molar-refractivity contribution in [2.45, 2.75) is 11.8 Å². The van der Waals surface area contributed by atoms with Crippen molar-refractivity contribution in [2.24, 2.45) is 0 Å². The molecule has 122 valence electrons. The number of aromatic hydroxyl groups is 1. The second kappa shape index (κ2) is 6.33. The number of sulfonamides is 1. The topological polar surface area (TPSA) is 79.3 Å². The van der Waals surface area contributed by atoms with Crippen LogP contribution in [0.3, 0.4) is 0 Å². The van der Waals surface area contributed by atoms with E-state index in [-0.39, 0.29) is 16.3 Å². The Bertz CT molecular complexity index is 953. The number of anilines is 1. The molecule has 0 bridgehead atoms. The summed E-state index contributed by atoms with van der Waals surface area (Å²) in [6, 6.07) is 15.0. The highest BCUT2D eigenvalue weighted by Gasteiger charge is 2.16. The molecule has 2 aromatic carbocycles. The van der Waals surface area contributed by atoms with E-state index in [1.807, 2.05) is 19.1 Å². The van der Waals surface area contributed by atoms with E-state index in [2.05, 4.69) is 9.71 Å². The monoisotopic (exact) mass is 340 g/mol. The Balaban J connectivity index is 1.89. The van der Waals surface area contributed by atoms with E-state index < -0.39 is 10.0 Å². The molecule has 0 radical (unpaired) electrons. The minimum atomic E-state index is -3.77. The van der Waals surface area contributed by atoms with Gasteiger partial charge in [0.25, 0.3) is 10.0 Å². The lowest BCUT2D eigenvalue weighted by atomic mass is 10.1. The number of hydrogen-bond donors (Lipinski definition) is 2. The van der Waals surface area contributed by atoms with Crippen LogP contribution in [-0.4, -0.2) is 18.5 Å². The van der Waals surface area contributed by atoms with Crippen LogP contribution in [0.1, 0.15) is 5.56 Å². The van der Waals surface area contributed by atoms with Gasteiger partial charge in [-0.25, -0.2) is 8.42 Å². The van der Waals surface area contributed by atoms with E-state index in [0.717, 1.165) is 16.7 Å². The van der Waals surface area contributed by atoms with Crippen molar-refractivity contribution in [2.75, 3.05) is 4.72 Å². The quantitative estimate of drug-likeness (QED) is 0.712. The fraction of sp³-hybridized carbons (Fsp3) is 0.0556. The van der Waals surface area contributed by atoms with Gasteiger partial charge in [0, 0.05) is 12.4 Å². The van der Waals surface area contributed by atoms with Crippen LogP contribution >= 0.6 is 0 Å². The van der Waals surface area contributed by atoms with E-state index in [0.29, 0.717) is 0 Å². The van der Waals surface area contributed by atoms with Crippen LogP contribution in [0.25, 0.3) is 11.1 Å². The minimum Gasteiger partial charge on any atom is -0.506 e. The molecule has 1 heterocycles. The first-order valence-corrected chi connectivity index (χ1v) is 8.77. The van der Waals surface area contributed by atoms with Gasteiger partial charge in [0.1, 0.15) is 5.75 Å². The van der Waals surface area contributed by atoms with Crippen LogP contribution in [0.5, 0.6) is 5.75 Å². The summed E-state index contributed by atoms with van der Waals surface area (Å²) in [5, 5.41) is 9.81. The highest BCUT2D eigenvalue weighted by atomic mass is 32.2. The lowest BCUT2D eigenvalue weighted by Gasteiger charge is -2.11. The summed E-state index contributed by atoms with van der Waals surface area (Å²) in [5.41, 5.74) is 2.86. The largest absolute Gasteiger partial charge is 0.506 e. The third kappa shape index (κ3) is 3.38. The Labute approximate surface area is 140 Å². The molecule has 3 aromatic rings. The zero-order valence-corrected chi connectivity index (χ0v) is 13.8. The molecule has 0 aliphatic carbocycles. The fourth-order valence-corrected chi connectivity index (χ4v) is 3.37. The maximum Gasteiger partial charge on any atom is 0.262 e. The van der Waals surface area contributed by atoms with Gasteiger partial charge in [0.2, 0.25) is 0 Å². The number of benzene rings is 2. The molecule has 0 saturated carbocycles. The van der Waals surface area contributed by atoms with Gasteiger partial charge in [-0.3, -0.25) is 9.71 Å². The third-order valence-corrected chi connectivity index (χ3v) is 4.96. The number of aryl methyl sites for hydroxylation is 1. The predicted molar refractivity (Wildman–Crippen MR) is 93.3 cm³/mol. The molecule has 6 heteroatoms. The molecule has 0 spiro atoms. The average Bonchev–Trinajstić information content (AvgIpc) is 2.59. The maximum atomic E-state index is 12.5. The van der Waals surface area contributed by atoms with E-state index in [4.69, 9.17) is 0 Å². The van der Waals surface area contributed by atoms with Gasteiger partial charge in [-0.2, -0.15) is 0 Å². The van der Waals surface area contributed by atoms with E-state index in [9.17, 15) is 13.5 Å². The summed E-state index contributed by atoms with van der Waals surface area (Å²) in [6.07, 6.45) is 3.37. The number of phenols is 1. The molecule has 0 unspecified atom stereocenters. The van der Waals surface area contributed by atoms with Crippen LogP contribution in [0.4, 0.5) is 5.69 Å². The zero-order chi connectivity index (χ0) is 17.2. The standard InChI is InChI=1S/C18H16N2O3S/c1-13-2-7-18(21)17(12-13)20-24(22,23)16-5-3-14(4-6-16)15-8-10-19-11-9-15/h2-12,20-21H,1H3. The first-order valence-electron chi connectivity index (χ1n) is 7.29. The van der Waals surface area contributed by atoms with Crippen LogP contribution < -0.4 is 4.72 Å². The molecule has 0 aliphatic rings. The maximum absolute atomic E-state index is 12.5. The summed E-state index contributed by atoms with van der Waals surface area (Å²) in [6.45, 7) is 1.82. The molecule has 24 heavy (non-hydrogen) atoms. The summed E-state index contributed by atoms with van der Waals surface area (Å²) >= 11 is 0. The first kappa shape index (κ1) is 16.0. The summed E-state index contributed by atoms with van der Waals surface area (Å²) in [7, 11) is -3.77. The molecule has 0 amide bonds. The van der Waals surface area contributed by atoms with Crippen LogP contribution in [-0.2, 0) is 10.0 Å². The SMILES string of the molecule is Cc1ccc(O)c(NS(=O)(=O)c2ccc(-c3ccncc3)cc2)c1. The predicted octanol–water partition coefficient (Wildman–Crippen LogP) is 3.56. The Morgan fingerprint density at radius 2 is 1.54 bits per heavy atom. The van der Waals surface area contributed by atoms with Crippen LogP contribution in [0.2, 0.25) is 0 Å². The lowest BCUT2D eigenvalue weighted by Crippen LogP contribution is -2.13. The van der Waals surface area contributed by atoms with Gasteiger partial charge in [0.15, 0.2) is 0 Å². The normalized spacial score (nSPS) is 11.2. The number of nitrogens with zero attached hydrogens (tertiary/aromatic N) is 1. The van der Waals surface area contributed by atoms with Gasteiger partial charge in [-0.15, -0.1) is 0 Å². The van der Waals surface area contributed by atoms with Crippen molar-refractivity contribution in [1.29, 1.82) is 0 Å². The second-order valence-corrected chi connectivity index (χ2v) is 7.07. The zero-order valence-electron chi connectivity index (χ0n) is 13.0. The molecule has 5 nitrogen and oxygen atoms in total. The van der Waals surface area contributed by atoms with Crippen molar-refractivity contribution in [3.8, 4) is 16.9 Å². The van der Waals surface area contributed by atoms with E-state index >= 15 is 0 Å². The van der Waals surface area contributed by atoms with Gasteiger partial charge in [-0.1, -0.05) is 18.2 Å². The van der Waals surface area contributed by atoms with Gasteiger partial charge < -0.3 is 5.11 Å². The molecule has 2 N–H and O–H groups in total. The summed E-state index contributed by atoms with van der Waals surface area (Å²) < 4.78 is 27.4. The Kier molecular flexibility index (Phi) is 4.22. The van der Waals surface area contributed by atoms with Crippen molar-refractivity contribution >= 4 is 15.7 Å². The number of rotatable bonds is 4. The van der Waals surface area contributed by atoms with Crippen LogP contribution in [0.15, 0.2) is 71.9 Å². The number of aromatic nitrogens is 1. The number of nitrogens with one attached hydrogen (secondary N) is 1. The lowest BCUT2D eigenvalue weighted by molar-refractivity contribution is 0.477. The molecular formula is C18H16N2O3S. The summed E-state index contributed by atoms with van der Waals surface area (Å²) in [4.78, 5) is 4.09. The molecule has 0 fully saturated rings. The van der Waals surface area contributed by atoms with E-state index in [1.54, 1.807) is 36.7 Å². The smallest absolute Gasteiger partial charge is 0.262 e. The number of hydrogen-bond acceptors (Lipinski definition) is 4. The van der Waals surface area contributed by atoms with Crippen molar-refractivity contribution in [3.05, 3.63) is 72.6 Å². The highest BCUT2D eigenvalue weighted by molar-refractivity contribution is 7.92. The highest BCUT2D eigenvalue weighted by Crippen LogP contribution is 2.27. The number of pyridine rings is 1. The first-order chi connectivity index (χ1) is 11.5. The van der Waals surface area contributed by atoms with Crippen molar-refractivity contribution in [3.63, 3.8) is 0 Å².